The molecule has 2 heterocycles. The molecule has 106 valence electrons. The number of rotatable bonds is 5. The zero-order valence-electron chi connectivity index (χ0n) is 11.3. The summed E-state index contributed by atoms with van der Waals surface area (Å²) in [6.07, 6.45) is 1.49. The third kappa shape index (κ3) is 3.55. The number of H-pyrrole nitrogens is 1. The van der Waals surface area contributed by atoms with Gasteiger partial charge in [-0.05, 0) is 32.3 Å². The Labute approximate surface area is 115 Å². The molecule has 0 aliphatic heterocycles. The fraction of sp³-hybridized carbons (Fsp3) is 0.308. The van der Waals surface area contributed by atoms with E-state index in [1.807, 2.05) is 19.0 Å². The second-order valence-corrected chi connectivity index (χ2v) is 4.52. The molecule has 0 atom stereocenters. The quantitative estimate of drug-likeness (QED) is 0.820. The summed E-state index contributed by atoms with van der Waals surface area (Å²) in [5.41, 5.74) is -0.0941. The van der Waals surface area contributed by atoms with E-state index < -0.39 is 5.69 Å². The normalized spacial score (nSPS) is 10.8. The van der Waals surface area contributed by atoms with Crippen LogP contribution < -0.4 is 11.0 Å². The smallest absolute Gasteiger partial charge is 0.346 e. The zero-order chi connectivity index (χ0) is 14.5. The van der Waals surface area contributed by atoms with Crippen LogP contribution in [0.3, 0.4) is 0 Å². The lowest BCUT2D eigenvalue weighted by atomic mass is 10.2. The maximum Gasteiger partial charge on any atom is 0.346 e. The molecular formula is C13H16N4O3. The Bertz CT molecular complexity index is 631. The van der Waals surface area contributed by atoms with Crippen molar-refractivity contribution in [3.63, 3.8) is 0 Å². The van der Waals surface area contributed by atoms with Gasteiger partial charge in [-0.15, -0.1) is 0 Å². The van der Waals surface area contributed by atoms with Crippen LogP contribution >= 0.6 is 0 Å². The highest BCUT2D eigenvalue weighted by atomic mass is 16.3. The molecule has 0 saturated carbocycles. The maximum absolute atomic E-state index is 11.9. The summed E-state index contributed by atoms with van der Waals surface area (Å²) in [4.78, 5) is 31.6. The summed E-state index contributed by atoms with van der Waals surface area (Å²) < 4.78 is 5.19. The Kier molecular flexibility index (Phi) is 4.31. The lowest BCUT2D eigenvalue weighted by molar-refractivity contribution is 0.0945. The number of hydrogen-bond acceptors (Lipinski definition) is 5. The Morgan fingerprint density at radius 3 is 2.95 bits per heavy atom. The molecule has 0 aliphatic carbocycles. The van der Waals surface area contributed by atoms with Gasteiger partial charge in [0, 0.05) is 13.1 Å². The van der Waals surface area contributed by atoms with E-state index in [0.717, 1.165) is 0 Å². The average Bonchev–Trinajstić information content (AvgIpc) is 2.91. The third-order valence-corrected chi connectivity index (χ3v) is 2.61. The highest BCUT2D eigenvalue weighted by Gasteiger charge is 2.11. The van der Waals surface area contributed by atoms with Gasteiger partial charge in [0.25, 0.3) is 5.91 Å². The van der Waals surface area contributed by atoms with Gasteiger partial charge >= 0.3 is 5.69 Å². The zero-order valence-corrected chi connectivity index (χ0v) is 11.3. The molecule has 20 heavy (non-hydrogen) atoms. The van der Waals surface area contributed by atoms with Gasteiger partial charge in [0.1, 0.15) is 11.5 Å². The van der Waals surface area contributed by atoms with Gasteiger partial charge in [0.15, 0.2) is 0 Å². The number of amides is 1. The van der Waals surface area contributed by atoms with Crippen molar-refractivity contribution < 1.29 is 9.21 Å². The minimum Gasteiger partial charge on any atom is -0.463 e. The molecule has 0 fully saturated rings. The van der Waals surface area contributed by atoms with Crippen molar-refractivity contribution >= 4 is 5.91 Å². The first kappa shape index (κ1) is 14.0. The number of nitrogens with one attached hydrogen (secondary N) is 2. The summed E-state index contributed by atoms with van der Waals surface area (Å²) in [5, 5.41) is 2.70. The highest BCUT2D eigenvalue weighted by molar-refractivity contribution is 5.92. The second kappa shape index (κ2) is 6.16. The Hall–Kier alpha value is -2.41. The van der Waals surface area contributed by atoms with Crippen molar-refractivity contribution in [2.24, 2.45) is 0 Å². The predicted molar refractivity (Wildman–Crippen MR) is 73.4 cm³/mol. The molecule has 2 N–H and O–H groups in total. The summed E-state index contributed by atoms with van der Waals surface area (Å²) in [7, 11) is 3.82. The number of likely N-dealkylation sites (N-methyl/N-ethyl adjacent to an activating group) is 1. The Morgan fingerprint density at radius 2 is 2.30 bits per heavy atom. The molecule has 2 aromatic rings. The van der Waals surface area contributed by atoms with E-state index in [1.54, 1.807) is 12.1 Å². The van der Waals surface area contributed by atoms with E-state index >= 15 is 0 Å². The van der Waals surface area contributed by atoms with Crippen molar-refractivity contribution in [2.45, 2.75) is 0 Å². The van der Waals surface area contributed by atoms with Crippen molar-refractivity contribution in [1.29, 1.82) is 0 Å². The van der Waals surface area contributed by atoms with Crippen LogP contribution in [0.15, 0.2) is 33.7 Å². The SMILES string of the molecule is CN(C)CCNC(=O)c1cc(-c2ccco2)[nH]c(=O)n1. The third-order valence-electron chi connectivity index (χ3n) is 2.61. The van der Waals surface area contributed by atoms with Gasteiger partial charge in [-0.2, -0.15) is 4.98 Å². The lowest BCUT2D eigenvalue weighted by Gasteiger charge is -2.10. The van der Waals surface area contributed by atoms with Crippen molar-refractivity contribution in [3.05, 3.63) is 40.6 Å². The summed E-state index contributed by atoms with van der Waals surface area (Å²) >= 11 is 0. The summed E-state index contributed by atoms with van der Waals surface area (Å²) in [5.74, 6) is 0.0950. The van der Waals surface area contributed by atoms with Crippen LogP contribution in [0.25, 0.3) is 11.5 Å². The Morgan fingerprint density at radius 1 is 1.50 bits per heavy atom. The fourth-order valence-corrected chi connectivity index (χ4v) is 1.62. The number of carbonyl (C=O) groups excluding carboxylic acids is 1. The monoisotopic (exact) mass is 276 g/mol. The topological polar surface area (TPSA) is 91.2 Å². The number of hydrogen-bond donors (Lipinski definition) is 2. The molecule has 0 unspecified atom stereocenters. The van der Waals surface area contributed by atoms with E-state index in [2.05, 4.69) is 15.3 Å². The van der Waals surface area contributed by atoms with E-state index in [-0.39, 0.29) is 11.6 Å². The minimum absolute atomic E-state index is 0.0684. The second-order valence-electron chi connectivity index (χ2n) is 4.52. The fourth-order valence-electron chi connectivity index (χ4n) is 1.62. The predicted octanol–water partition coefficient (Wildman–Crippen LogP) is 0.321. The van der Waals surface area contributed by atoms with Gasteiger partial charge in [-0.1, -0.05) is 0 Å². The van der Waals surface area contributed by atoms with Crippen LogP contribution in [-0.2, 0) is 0 Å². The summed E-state index contributed by atoms with van der Waals surface area (Å²) in [6, 6.07) is 4.88. The first-order valence-electron chi connectivity index (χ1n) is 6.14. The lowest BCUT2D eigenvalue weighted by Crippen LogP contribution is -2.33. The molecule has 0 radical (unpaired) electrons. The van der Waals surface area contributed by atoms with E-state index in [1.165, 1.54) is 12.3 Å². The van der Waals surface area contributed by atoms with Crippen molar-refractivity contribution in [1.82, 2.24) is 20.2 Å². The largest absolute Gasteiger partial charge is 0.463 e. The molecule has 2 aromatic heterocycles. The minimum atomic E-state index is -0.586. The number of nitrogens with zero attached hydrogens (tertiary/aromatic N) is 2. The molecular weight excluding hydrogens is 260 g/mol. The van der Waals surface area contributed by atoms with Crippen LogP contribution in [0, 0.1) is 0 Å². The first-order chi connectivity index (χ1) is 9.56. The van der Waals surface area contributed by atoms with Gasteiger partial charge in [0.2, 0.25) is 0 Å². The van der Waals surface area contributed by atoms with Crippen molar-refractivity contribution in [2.75, 3.05) is 27.2 Å². The highest BCUT2D eigenvalue weighted by Crippen LogP contribution is 2.15. The molecule has 1 amide bonds. The molecule has 0 aliphatic rings. The number of aromatic amines is 1. The number of carbonyl (C=O) groups is 1. The molecule has 0 spiro atoms. The van der Waals surface area contributed by atoms with Gasteiger partial charge in [-0.25, -0.2) is 4.79 Å². The van der Waals surface area contributed by atoms with Crippen LogP contribution in [0.1, 0.15) is 10.5 Å². The van der Waals surface area contributed by atoms with Gasteiger partial charge in [0.05, 0.1) is 12.0 Å². The maximum atomic E-state index is 11.9. The molecule has 7 heteroatoms. The Balaban J connectivity index is 2.16. The number of furan rings is 1. The molecule has 0 saturated heterocycles. The van der Waals surface area contributed by atoms with Crippen LogP contribution in [0.4, 0.5) is 0 Å². The standard InChI is InChI=1S/C13H16N4O3/c1-17(2)6-5-14-12(18)10-8-9(15-13(19)16-10)11-4-3-7-20-11/h3-4,7-8H,5-6H2,1-2H3,(H,14,18)(H,15,16,19). The molecule has 2 rings (SSSR count). The number of aromatic nitrogens is 2. The van der Waals surface area contributed by atoms with Crippen LogP contribution in [0.2, 0.25) is 0 Å². The first-order valence-corrected chi connectivity index (χ1v) is 6.14. The average molecular weight is 276 g/mol. The van der Waals surface area contributed by atoms with E-state index in [0.29, 0.717) is 24.5 Å². The van der Waals surface area contributed by atoms with Gasteiger partial charge in [-0.3, -0.25) is 4.79 Å². The van der Waals surface area contributed by atoms with Crippen LogP contribution in [0.5, 0.6) is 0 Å². The van der Waals surface area contributed by atoms with Crippen LogP contribution in [-0.4, -0.2) is 48.0 Å². The summed E-state index contributed by atoms with van der Waals surface area (Å²) in [6.45, 7) is 1.19. The van der Waals surface area contributed by atoms with Crippen molar-refractivity contribution in [3.8, 4) is 11.5 Å². The molecule has 0 bridgehead atoms. The van der Waals surface area contributed by atoms with Gasteiger partial charge < -0.3 is 19.6 Å². The molecule has 0 aromatic carbocycles. The van der Waals surface area contributed by atoms with E-state index in [9.17, 15) is 9.59 Å². The molecule has 7 nitrogen and oxygen atoms in total. The van der Waals surface area contributed by atoms with E-state index in [4.69, 9.17) is 4.42 Å².